The van der Waals surface area contributed by atoms with Crippen LogP contribution in [-0.4, -0.2) is 15.6 Å². The van der Waals surface area contributed by atoms with Crippen molar-refractivity contribution in [3.63, 3.8) is 0 Å². The Labute approximate surface area is 101 Å². The van der Waals surface area contributed by atoms with Gasteiger partial charge in [0.2, 0.25) is 0 Å². The van der Waals surface area contributed by atoms with Crippen molar-refractivity contribution in [1.29, 1.82) is 0 Å². The van der Waals surface area contributed by atoms with E-state index in [0.29, 0.717) is 6.54 Å². The molecule has 0 radical (unpaired) electrons. The summed E-state index contributed by atoms with van der Waals surface area (Å²) in [6.07, 6.45) is 1.83. The Morgan fingerprint density at radius 2 is 2.00 bits per heavy atom. The molecule has 3 nitrogen and oxygen atoms in total. The van der Waals surface area contributed by atoms with E-state index in [-0.39, 0.29) is 5.78 Å². The molecule has 17 heavy (non-hydrogen) atoms. The first kappa shape index (κ1) is 11.6. The number of benzene rings is 1. The summed E-state index contributed by atoms with van der Waals surface area (Å²) in [6.45, 7) is 6.17. The summed E-state index contributed by atoms with van der Waals surface area (Å²) in [7, 11) is 0. The van der Waals surface area contributed by atoms with Crippen molar-refractivity contribution in [2.75, 3.05) is 0 Å². The first-order chi connectivity index (χ1) is 8.06. The Bertz CT molecular complexity index is 555. The topological polar surface area (TPSA) is 34.9 Å². The number of rotatable bonds is 3. The second-order valence-electron chi connectivity index (χ2n) is 4.40. The van der Waals surface area contributed by atoms with Crippen LogP contribution < -0.4 is 0 Å². The van der Waals surface area contributed by atoms with Crippen LogP contribution in [0.1, 0.15) is 27.2 Å². The first-order valence-electron chi connectivity index (χ1n) is 5.67. The van der Waals surface area contributed by atoms with Gasteiger partial charge in [0.1, 0.15) is 6.54 Å². The van der Waals surface area contributed by atoms with Gasteiger partial charge < -0.3 is 0 Å². The molecule has 0 fully saturated rings. The average molecular weight is 228 g/mol. The Kier molecular flexibility index (Phi) is 3.09. The number of hydrogen-bond acceptors (Lipinski definition) is 2. The number of hydrogen-bond donors (Lipinski definition) is 0. The normalized spacial score (nSPS) is 10.5. The lowest BCUT2D eigenvalue weighted by Gasteiger charge is -2.06. The van der Waals surface area contributed by atoms with Gasteiger partial charge in [0.15, 0.2) is 5.78 Å². The quantitative estimate of drug-likeness (QED) is 0.757. The smallest absolute Gasteiger partial charge is 0.184 e. The van der Waals surface area contributed by atoms with Crippen LogP contribution >= 0.6 is 0 Å². The van der Waals surface area contributed by atoms with Gasteiger partial charge >= 0.3 is 0 Å². The molecule has 1 aromatic heterocycles. The van der Waals surface area contributed by atoms with Gasteiger partial charge in [0.05, 0.1) is 5.69 Å². The van der Waals surface area contributed by atoms with Gasteiger partial charge in [-0.25, -0.2) is 0 Å². The highest BCUT2D eigenvalue weighted by Gasteiger charge is 2.10. The molecule has 0 aliphatic heterocycles. The van der Waals surface area contributed by atoms with Crippen LogP contribution in [0.25, 0.3) is 0 Å². The molecule has 0 atom stereocenters. The fourth-order valence-corrected chi connectivity index (χ4v) is 1.82. The first-order valence-corrected chi connectivity index (χ1v) is 5.67. The lowest BCUT2D eigenvalue weighted by molar-refractivity contribution is 0.0967. The molecule has 2 rings (SSSR count). The van der Waals surface area contributed by atoms with Gasteiger partial charge in [-0.3, -0.25) is 9.48 Å². The number of Topliss-reactive ketones (excluding diaryl/α,β-unsaturated/α-hetero) is 1. The molecule has 1 aromatic carbocycles. The second-order valence-corrected chi connectivity index (χ2v) is 4.40. The van der Waals surface area contributed by atoms with Gasteiger partial charge in [0.25, 0.3) is 0 Å². The number of aromatic nitrogens is 2. The third-order valence-electron chi connectivity index (χ3n) is 2.77. The molecule has 1 heterocycles. The van der Waals surface area contributed by atoms with Crippen LogP contribution in [0.3, 0.4) is 0 Å². The molecule has 0 N–H and O–H groups in total. The van der Waals surface area contributed by atoms with Crippen LogP contribution in [0.4, 0.5) is 0 Å². The summed E-state index contributed by atoms with van der Waals surface area (Å²) in [5.74, 6) is 0.106. The molecule has 0 spiro atoms. The van der Waals surface area contributed by atoms with Crippen molar-refractivity contribution in [3.8, 4) is 0 Å². The average Bonchev–Trinajstić information content (AvgIpc) is 2.67. The number of nitrogens with zero attached hydrogens (tertiary/aromatic N) is 2. The van der Waals surface area contributed by atoms with Crippen LogP contribution in [0, 0.1) is 20.8 Å². The third-order valence-corrected chi connectivity index (χ3v) is 2.77. The van der Waals surface area contributed by atoms with E-state index in [0.717, 1.165) is 22.4 Å². The molecule has 0 aliphatic rings. The maximum atomic E-state index is 12.1. The van der Waals surface area contributed by atoms with E-state index < -0.39 is 0 Å². The van der Waals surface area contributed by atoms with Gasteiger partial charge in [-0.05, 0) is 38.5 Å². The maximum absolute atomic E-state index is 12.1. The summed E-state index contributed by atoms with van der Waals surface area (Å²) >= 11 is 0. The molecule has 0 bridgehead atoms. The Morgan fingerprint density at radius 3 is 2.65 bits per heavy atom. The highest BCUT2D eigenvalue weighted by molar-refractivity contribution is 5.97. The minimum atomic E-state index is 0.106. The van der Waals surface area contributed by atoms with E-state index >= 15 is 0 Å². The summed E-state index contributed by atoms with van der Waals surface area (Å²) < 4.78 is 1.68. The van der Waals surface area contributed by atoms with Gasteiger partial charge in [-0.2, -0.15) is 5.10 Å². The fraction of sp³-hybridized carbons (Fsp3) is 0.286. The van der Waals surface area contributed by atoms with E-state index in [1.54, 1.807) is 4.68 Å². The molecule has 0 unspecified atom stereocenters. The van der Waals surface area contributed by atoms with Gasteiger partial charge in [0, 0.05) is 11.8 Å². The molecule has 0 amide bonds. The van der Waals surface area contributed by atoms with Gasteiger partial charge in [-0.15, -0.1) is 0 Å². The van der Waals surface area contributed by atoms with Gasteiger partial charge in [-0.1, -0.05) is 17.7 Å². The molecule has 88 valence electrons. The minimum absolute atomic E-state index is 0.106. The number of ketones is 1. The SMILES string of the molecule is Cc1ccc(C)c(C(=O)Cn2ccc(C)n2)c1. The van der Waals surface area contributed by atoms with E-state index in [4.69, 9.17) is 0 Å². The van der Waals surface area contributed by atoms with Crippen LogP contribution in [-0.2, 0) is 6.54 Å². The van der Waals surface area contributed by atoms with Crippen LogP contribution in [0.2, 0.25) is 0 Å². The standard InChI is InChI=1S/C14H16N2O/c1-10-4-5-11(2)13(8-10)14(17)9-16-7-6-12(3)15-16/h4-8H,9H2,1-3H3. The van der Waals surface area contributed by atoms with Crippen molar-refractivity contribution in [3.05, 3.63) is 52.8 Å². The predicted octanol–water partition coefficient (Wildman–Crippen LogP) is 2.69. The molecule has 0 saturated carbocycles. The summed E-state index contributed by atoms with van der Waals surface area (Å²) in [5, 5.41) is 4.22. The molecule has 3 heteroatoms. The Balaban J connectivity index is 2.22. The van der Waals surface area contributed by atoms with Crippen molar-refractivity contribution < 1.29 is 4.79 Å². The number of carbonyl (C=O) groups excluding carboxylic acids is 1. The third kappa shape index (κ3) is 2.61. The lowest BCUT2D eigenvalue weighted by atomic mass is 10.0. The molecular weight excluding hydrogens is 212 g/mol. The fourth-order valence-electron chi connectivity index (χ4n) is 1.82. The maximum Gasteiger partial charge on any atom is 0.184 e. The van der Waals surface area contributed by atoms with Crippen LogP contribution in [0.5, 0.6) is 0 Å². The minimum Gasteiger partial charge on any atom is -0.292 e. The van der Waals surface area contributed by atoms with E-state index in [9.17, 15) is 4.79 Å². The molecule has 2 aromatic rings. The zero-order chi connectivity index (χ0) is 12.4. The summed E-state index contributed by atoms with van der Waals surface area (Å²) in [4.78, 5) is 12.1. The highest BCUT2D eigenvalue weighted by atomic mass is 16.1. The van der Waals surface area contributed by atoms with Crippen molar-refractivity contribution in [1.82, 2.24) is 9.78 Å². The lowest BCUT2D eigenvalue weighted by Crippen LogP contribution is -2.12. The van der Waals surface area contributed by atoms with Crippen molar-refractivity contribution in [2.24, 2.45) is 0 Å². The second kappa shape index (κ2) is 4.53. The van der Waals surface area contributed by atoms with Crippen molar-refractivity contribution >= 4 is 5.78 Å². The molecule has 0 aliphatic carbocycles. The van der Waals surface area contributed by atoms with Crippen molar-refractivity contribution in [2.45, 2.75) is 27.3 Å². The van der Waals surface area contributed by atoms with E-state index in [1.807, 2.05) is 51.2 Å². The number of aryl methyl sites for hydroxylation is 3. The van der Waals surface area contributed by atoms with Crippen LogP contribution in [0.15, 0.2) is 30.5 Å². The number of carbonyl (C=O) groups is 1. The largest absolute Gasteiger partial charge is 0.292 e. The molecular formula is C14H16N2O. The van der Waals surface area contributed by atoms with E-state index in [2.05, 4.69) is 5.10 Å². The van der Waals surface area contributed by atoms with E-state index in [1.165, 1.54) is 0 Å². The monoisotopic (exact) mass is 228 g/mol. The Hall–Kier alpha value is -1.90. The zero-order valence-corrected chi connectivity index (χ0v) is 10.4. The molecule has 0 saturated heterocycles. The predicted molar refractivity (Wildman–Crippen MR) is 67.2 cm³/mol. The highest BCUT2D eigenvalue weighted by Crippen LogP contribution is 2.12. The summed E-state index contributed by atoms with van der Waals surface area (Å²) in [5.41, 5.74) is 3.84. The summed E-state index contributed by atoms with van der Waals surface area (Å²) in [6, 6.07) is 7.84. The zero-order valence-electron chi connectivity index (χ0n) is 10.4. The Morgan fingerprint density at radius 1 is 1.24 bits per heavy atom.